The van der Waals surface area contributed by atoms with E-state index in [9.17, 15) is 8.78 Å². The van der Waals surface area contributed by atoms with Crippen LogP contribution in [0.25, 0.3) is 0 Å². The van der Waals surface area contributed by atoms with E-state index in [-0.39, 0.29) is 24.0 Å². The van der Waals surface area contributed by atoms with Crippen LogP contribution < -0.4 is 11.1 Å². The lowest BCUT2D eigenvalue weighted by Gasteiger charge is -2.14. The van der Waals surface area contributed by atoms with Gasteiger partial charge in [0, 0.05) is 18.5 Å². The van der Waals surface area contributed by atoms with Crippen LogP contribution in [0.3, 0.4) is 0 Å². The first-order valence-electron chi connectivity index (χ1n) is 4.71. The molecule has 0 aromatic heterocycles. The van der Waals surface area contributed by atoms with Crippen molar-refractivity contribution in [1.29, 1.82) is 0 Å². The molecule has 0 aliphatic rings. The maximum Gasteiger partial charge on any atom is 0.149 e. The Balaban J connectivity index is 2.66. The van der Waals surface area contributed by atoms with E-state index >= 15 is 0 Å². The molecule has 1 atom stereocenters. The highest BCUT2D eigenvalue weighted by Crippen LogP contribution is 2.16. The Morgan fingerprint density at radius 1 is 1.56 bits per heavy atom. The van der Waals surface area contributed by atoms with Crippen LogP contribution in [0.4, 0.5) is 14.5 Å². The number of hydrogen-bond acceptors (Lipinski definition) is 3. The molecule has 0 bridgehead atoms. The summed E-state index contributed by atoms with van der Waals surface area (Å²) in [7, 11) is 0. The molecular formula is C10H13F2N3O. The van der Waals surface area contributed by atoms with E-state index < -0.39 is 11.6 Å². The van der Waals surface area contributed by atoms with Crippen molar-refractivity contribution in [3.8, 4) is 0 Å². The molecule has 0 saturated carbocycles. The number of nitrogens with two attached hydrogens (primary N) is 1. The lowest BCUT2D eigenvalue weighted by molar-refractivity contribution is 0.316. The van der Waals surface area contributed by atoms with Gasteiger partial charge < -0.3 is 16.3 Å². The molecule has 0 heterocycles. The highest BCUT2D eigenvalue weighted by atomic mass is 19.1. The van der Waals surface area contributed by atoms with Crippen LogP contribution in [0.2, 0.25) is 0 Å². The third kappa shape index (κ3) is 3.38. The predicted molar refractivity (Wildman–Crippen MR) is 57.5 cm³/mol. The van der Waals surface area contributed by atoms with Crippen LogP contribution in [-0.2, 0) is 0 Å². The quantitative estimate of drug-likeness (QED) is 0.319. The number of oxime groups is 1. The summed E-state index contributed by atoms with van der Waals surface area (Å²) in [6.07, 6.45) is 0.257. The molecular weight excluding hydrogens is 216 g/mol. The third-order valence-electron chi connectivity index (χ3n) is 1.98. The third-order valence-corrected chi connectivity index (χ3v) is 1.98. The van der Waals surface area contributed by atoms with Crippen LogP contribution in [0, 0.1) is 11.6 Å². The number of halogens is 2. The van der Waals surface area contributed by atoms with Gasteiger partial charge in [-0.2, -0.15) is 0 Å². The molecule has 0 saturated heterocycles. The van der Waals surface area contributed by atoms with Gasteiger partial charge in [-0.05, 0) is 19.1 Å². The van der Waals surface area contributed by atoms with Crippen molar-refractivity contribution in [3.05, 3.63) is 29.8 Å². The normalized spacial score (nSPS) is 13.6. The SMILES string of the molecule is CC(CC(N)=NO)Nc1ccc(F)cc1F. The van der Waals surface area contributed by atoms with Gasteiger partial charge in [0.1, 0.15) is 17.5 Å². The molecule has 1 rings (SSSR count). The second-order valence-corrected chi connectivity index (χ2v) is 3.47. The summed E-state index contributed by atoms with van der Waals surface area (Å²) in [6, 6.07) is 3.02. The van der Waals surface area contributed by atoms with Crippen molar-refractivity contribution in [3.63, 3.8) is 0 Å². The minimum Gasteiger partial charge on any atom is -0.409 e. The first kappa shape index (κ1) is 12.2. The molecule has 6 heteroatoms. The number of anilines is 1. The average Bonchev–Trinajstić information content (AvgIpc) is 2.22. The van der Waals surface area contributed by atoms with Crippen LogP contribution in [0.15, 0.2) is 23.4 Å². The number of amidine groups is 1. The van der Waals surface area contributed by atoms with E-state index in [4.69, 9.17) is 10.9 Å². The minimum atomic E-state index is -0.675. The zero-order valence-electron chi connectivity index (χ0n) is 8.74. The van der Waals surface area contributed by atoms with Crippen molar-refractivity contribution in [2.24, 2.45) is 10.9 Å². The summed E-state index contributed by atoms with van der Waals surface area (Å²) >= 11 is 0. The van der Waals surface area contributed by atoms with E-state index in [0.717, 1.165) is 12.1 Å². The fourth-order valence-electron chi connectivity index (χ4n) is 1.28. The summed E-state index contributed by atoms with van der Waals surface area (Å²) in [6.45, 7) is 1.74. The number of benzene rings is 1. The Hall–Kier alpha value is -1.85. The summed E-state index contributed by atoms with van der Waals surface area (Å²) in [5.41, 5.74) is 5.48. The summed E-state index contributed by atoms with van der Waals surface area (Å²) in [5, 5.41) is 13.9. The van der Waals surface area contributed by atoms with E-state index in [1.165, 1.54) is 6.07 Å². The molecule has 0 aliphatic heterocycles. The lowest BCUT2D eigenvalue weighted by atomic mass is 10.2. The van der Waals surface area contributed by atoms with E-state index in [1.54, 1.807) is 6.92 Å². The Morgan fingerprint density at radius 3 is 2.81 bits per heavy atom. The van der Waals surface area contributed by atoms with Crippen LogP contribution in [0.5, 0.6) is 0 Å². The topological polar surface area (TPSA) is 70.6 Å². The second kappa shape index (κ2) is 5.29. The smallest absolute Gasteiger partial charge is 0.149 e. The Bertz CT molecular complexity index is 396. The Kier molecular flexibility index (Phi) is 4.04. The van der Waals surface area contributed by atoms with Gasteiger partial charge >= 0.3 is 0 Å². The lowest BCUT2D eigenvalue weighted by Crippen LogP contribution is -2.24. The fourth-order valence-corrected chi connectivity index (χ4v) is 1.28. The van der Waals surface area contributed by atoms with Crippen molar-refractivity contribution in [2.75, 3.05) is 5.32 Å². The summed E-state index contributed by atoms with van der Waals surface area (Å²) in [4.78, 5) is 0. The molecule has 0 fully saturated rings. The van der Waals surface area contributed by atoms with Gasteiger partial charge in [-0.3, -0.25) is 0 Å². The Labute approximate surface area is 91.8 Å². The first-order chi connectivity index (χ1) is 7.52. The van der Waals surface area contributed by atoms with E-state index in [0.29, 0.717) is 0 Å². The fraction of sp³-hybridized carbons (Fsp3) is 0.300. The highest BCUT2D eigenvalue weighted by Gasteiger charge is 2.08. The molecule has 1 aromatic rings. The molecule has 16 heavy (non-hydrogen) atoms. The van der Waals surface area contributed by atoms with Gasteiger partial charge in [0.25, 0.3) is 0 Å². The minimum absolute atomic E-state index is 0.0440. The van der Waals surface area contributed by atoms with Gasteiger partial charge in [-0.25, -0.2) is 8.78 Å². The van der Waals surface area contributed by atoms with Crippen LogP contribution in [-0.4, -0.2) is 17.1 Å². The van der Waals surface area contributed by atoms with Crippen molar-refractivity contribution in [2.45, 2.75) is 19.4 Å². The molecule has 0 spiro atoms. The summed E-state index contributed by atoms with van der Waals surface area (Å²) < 4.78 is 25.8. The number of rotatable bonds is 4. The molecule has 0 radical (unpaired) electrons. The molecule has 0 amide bonds. The Morgan fingerprint density at radius 2 is 2.25 bits per heavy atom. The molecule has 0 aliphatic carbocycles. The number of nitrogens with zero attached hydrogens (tertiary/aromatic N) is 1. The van der Waals surface area contributed by atoms with Crippen molar-refractivity contribution >= 4 is 11.5 Å². The molecule has 1 aromatic carbocycles. The van der Waals surface area contributed by atoms with Crippen molar-refractivity contribution < 1.29 is 14.0 Å². The maximum absolute atomic E-state index is 13.2. The predicted octanol–water partition coefficient (Wildman–Crippen LogP) is 1.90. The molecule has 88 valence electrons. The highest BCUT2D eigenvalue weighted by molar-refractivity contribution is 5.80. The zero-order valence-corrected chi connectivity index (χ0v) is 8.74. The molecule has 4 nitrogen and oxygen atoms in total. The van der Waals surface area contributed by atoms with Gasteiger partial charge in [0.2, 0.25) is 0 Å². The average molecular weight is 229 g/mol. The first-order valence-corrected chi connectivity index (χ1v) is 4.71. The molecule has 1 unspecified atom stereocenters. The van der Waals surface area contributed by atoms with E-state index in [2.05, 4.69) is 10.5 Å². The standard InChI is InChI=1S/C10H13F2N3O/c1-6(4-10(13)15-16)14-9-3-2-7(11)5-8(9)12/h2-3,5-6,14,16H,4H2,1H3,(H2,13,15). The largest absolute Gasteiger partial charge is 0.409 e. The second-order valence-electron chi connectivity index (χ2n) is 3.47. The molecule has 4 N–H and O–H groups in total. The number of hydrogen-bond donors (Lipinski definition) is 3. The van der Waals surface area contributed by atoms with Crippen molar-refractivity contribution in [1.82, 2.24) is 0 Å². The van der Waals surface area contributed by atoms with Gasteiger partial charge in [-0.15, -0.1) is 0 Å². The maximum atomic E-state index is 13.2. The van der Waals surface area contributed by atoms with Gasteiger partial charge in [-0.1, -0.05) is 5.16 Å². The van der Waals surface area contributed by atoms with Crippen LogP contribution in [0.1, 0.15) is 13.3 Å². The number of nitrogens with one attached hydrogen (secondary N) is 1. The monoisotopic (exact) mass is 229 g/mol. The zero-order chi connectivity index (χ0) is 12.1. The van der Waals surface area contributed by atoms with Gasteiger partial charge in [0.15, 0.2) is 0 Å². The van der Waals surface area contributed by atoms with Crippen LogP contribution >= 0.6 is 0 Å². The van der Waals surface area contributed by atoms with Gasteiger partial charge in [0.05, 0.1) is 5.69 Å². The van der Waals surface area contributed by atoms with E-state index in [1.807, 2.05) is 0 Å². The summed E-state index contributed by atoms with van der Waals surface area (Å²) in [5.74, 6) is -1.26.